The summed E-state index contributed by atoms with van der Waals surface area (Å²) in [6.07, 6.45) is 5.15. The monoisotopic (exact) mass is 295 g/mol. The maximum absolute atomic E-state index is 12.1. The Kier molecular flexibility index (Phi) is 5.76. The molecule has 1 aromatic heterocycles. The van der Waals surface area contributed by atoms with Gasteiger partial charge in [0.05, 0.1) is 12.3 Å². The molecule has 1 fully saturated rings. The molecule has 1 aromatic rings. The molecule has 2 heterocycles. The number of carbonyl (C=O) groups excluding carboxylic acids is 1. The zero-order valence-electron chi connectivity index (χ0n) is 12.9. The highest BCUT2D eigenvalue weighted by Crippen LogP contribution is 2.15. The van der Waals surface area contributed by atoms with Crippen molar-refractivity contribution in [1.82, 2.24) is 15.0 Å². The van der Waals surface area contributed by atoms with E-state index in [0.29, 0.717) is 19.4 Å². The van der Waals surface area contributed by atoms with Gasteiger partial charge in [0.15, 0.2) is 5.89 Å². The van der Waals surface area contributed by atoms with Crippen LogP contribution in [0, 0.1) is 6.92 Å². The van der Waals surface area contributed by atoms with Crippen LogP contribution in [0.3, 0.4) is 0 Å². The van der Waals surface area contributed by atoms with Gasteiger partial charge in [-0.15, -0.1) is 0 Å². The Labute approximate surface area is 125 Å². The van der Waals surface area contributed by atoms with Crippen LogP contribution in [0.2, 0.25) is 0 Å². The van der Waals surface area contributed by atoms with Crippen LogP contribution < -0.4 is 0 Å². The van der Waals surface area contributed by atoms with Crippen molar-refractivity contribution in [3.8, 4) is 0 Å². The van der Waals surface area contributed by atoms with Gasteiger partial charge in [-0.1, -0.05) is 0 Å². The number of carbonyl (C=O) groups is 1. The van der Waals surface area contributed by atoms with Crippen molar-refractivity contribution in [1.29, 1.82) is 0 Å². The fourth-order valence-corrected chi connectivity index (χ4v) is 2.55. The van der Waals surface area contributed by atoms with E-state index in [1.54, 1.807) is 13.1 Å². The van der Waals surface area contributed by atoms with Crippen LogP contribution in [-0.2, 0) is 11.2 Å². The highest BCUT2D eigenvalue weighted by Gasteiger charge is 2.25. The summed E-state index contributed by atoms with van der Waals surface area (Å²) in [4.78, 5) is 16.3. The van der Waals surface area contributed by atoms with Gasteiger partial charge in [0, 0.05) is 32.5 Å². The predicted octanol–water partition coefficient (Wildman–Crippen LogP) is 1.53. The number of hydrazine groups is 1. The van der Waals surface area contributed by atoms with Crippen molar-refractivity contribution in [2.75, 3.05) is 19.6 Å². The van der Waals surface area contributed by atoms with Crippen molar-refractivity contribution >= 4 is 5.91 Å². The van der Waals surface area contributed by atoms with E-state index in [9.17, 15) is 9.90 Å². The zero-order valence-corrected chi connectivity index (χ0v) is 12.9. The Morgan fingerprint density at radius 1 is 1.48 bits per heavy atom. The second-order valence-electron chi connectivity index (χ2n) is 5.68. The van der Waals surface area contributed by atoms with E-state index in [1.807, 2.05) is 11.9 Å². The Morgan fingerprint density at radius 2 is 2.29 bits per heavy atom. The third-order valence-electron chi connectivity index (χ3n) is 3.67. The average molecular weight is 295 g/mol. The van der Waals surface area contributed by atoms with E-state index in [4.69, 9.17) is 4.42 Å². The van der Waals surface area contributed by atoms with Gasteiger partial charge in [-0.05, 0) is 33.1 Å². The molecule has 1 N–H and O–H groups in total. The van der Waals surface area contributed by atoms with Crippen LogP contribution in [-0.4, -0.2) is 51.8 Å². The molecule has 0 spiro atoms. The largest absolute Gasteiger partial charge is 0.446 e. The molecule has 1 aliphatic heterocycles. The summed E-state index contributed by atoms with van der Waals surface area (Å²) in [7, 11) is 0. The average Bonchev–Trinajstić information content (AvgIpc) is 2.84. The van der Waals surface area contributed by atoms with Gasteiger partial charge in [0.25, 0.3) is 0 Å². The molecule has 0 saturated carbocycles. The Morgan fingerprint density at radius 3 is 2.95 bits per heavy atom. The van der Waals surface area contributed by atoms with E-state index in [0.717, 1.165) is 44.0 Å². The number of aromatic nitrogens is 1. The quantitative estimate of drug-likeness (QED) is 0.826. The molecule has 0 bridgehead atoms. The lowest BCUT2D eigenvalue weighted by Gasteiger charge is -2.38. The Balaban J connectivity index is 1.83. The van der Waals surface area contributed by atoms with Crippen molar-refractivity contribution in [2.24, 2.45) is 0 Å². The number of hydrogen-bond acceptors (Lipinski definition) is 5. The SMILES string of the molecule is Cc1cnc(CCCN2C(=O)CCCN2CCC(C)O)o1. The molecule has 0 radical (unpaired) electrons. The molecule has 6 heteroatoms. The maximum Gasteiger partial charge on any atom is 0.236 e. The molecule has 2 rings (SSSR count). The third kappa shape index (κ3) is 4.82. The second kappa shape index (κ2) is 7.56. The fourth-order valence-electron chi connectivity index (χ4n) is 2.55. The number of aryl methyl sites for hydroxylation is 2. The third-order valence-corrected chi connectivity index (χ3v) is 3.67. The highest BCUT2D eigenvalue weighted by molar-refractivity contribution is 5.76. The predicted molar refractivity (Wildman–Crippen MR) is 78.4 cm³/mol. The summed E-state index contributed by atoms with van der Waals surface area (Å²) < 4.78 is 5.44. The minimum Gasteiger partial charge on any atom is -0.446 e. The van der Waals surface area contributed by atoms with Crippen molar-refractivity contribution in [3.63, 3.8) is 0 Å². The molecule has 118 valence electrons. The lowest BCUT2D eigenvalue weighted by molar-refractivity contribution is -0.156. The van der Waals surface area contributed by atoms with Gasteiger partial charge in [-0.2, -0.15) is 0 Å². The number of rotatable bonds is 7. The molecule has 1 atom stereocenters. The van der Waals surface area contributed by atoms with E-state index >= 15 is 0 Å². The molecule has 0 aromatic carbocycles. The first-order valence-electron chi connectivity index (χ1n) is 7.71. The van der Waals surface area contributed by atoms with Crippen LogP contribution in [0.25, 0.3) is 0 Å². The molecule has 6 nitrogen and oxygen atoms in total. The minimum absolute atomic E-state index is 0.176. The lowest BCUT2D eigenvalue weighted by atomic mass is 10.2. The van der Waals surface area contributed by atoms with Crippen LogP contribution in [0.1, 0.15) is 44.3 Å². The summed E-state index contributed by atoms with van der Waals surface area (Å²) in [5.74, 6) is 1.72. The highest BCUT2D eigenvalue weighted by atomic mass is 16.4. The van der Waals surface area contributed by atoms with Crippen LogP contribution >= 0.6 is 0 Å². The normalized spacial score (nSPS) is 18.2. The summed E-state index contributed by atoms with van der Waals surface area (Å²) in [5.41, 5.74) is 0. The molecule has 0 aliphatic carbocycles. The molecule has 21 heavy (non-hydrogen) atoms. The number of oxazole rings is 1. The van der Waals surface area contributed by atoms with E-state index in [2.05, 4.69) is 9.99 Å². The number of aliphatic hydroxyl groups is 1. The minimum atomic E-state index is -0.334. The van der Waals surface area contributed by atoms with Gasteiger partial charge in [-0.25, -0.2) is 9.99 Å². The molecule has 1 amide bonds. The molecule has 1 aliphatic rings. The number of hydrogen-bond donors (Lipinski definition) is 1. The van der Waals surface area contributed by atoms with Gasteiger partial charge in [-0.3, -0.25) is 9.80 Å². The molecule has 1 unspecified atom stereocenters. The van der Waals surface area contributed by atoms with Crippen LogP contribution in [0.4, 0.5) is 0 Å². The summed E-state index contributed by atoms with van der Waals surface area (Å²) in [6, 6.07) is 0. The van der Waals surface area contributed by atoms with Gasteiger partial charge < -0.3 is 9.52 Å². The van der Waals surface area contributed by atoms with E-state index in [1.165, 1.54) is 0 Å². The molecule has 1 saturated heterocycles. The van der Waals surface area contributed by atoms with Gasteiger partial charge in [0.2, 0.25) is 5.91 Å². The Bertz CT molecular complexity index is 459. The van der Waals surface area contributed by atoms with Crippen LogP contribution in [0.5, 0.6) is 0 Å². The van der Waals surface area contributed by atoms with Crippen molar-refractivity contribution in [3.05, 3.63) is 17.8 Å². The maximum atomic E-state index is 12.1. The first-order valence-corrected chi connectivity index (χ1v) is 7.71. The van der Waals surface area contributed by atoms with Crippen molar-refractivity contribution < 1.29 is 14.3 Å². The topological polar surface area (TPSA) is 69.8 Å². The van der Waals surface area contributed by atoms with Gasteiger partial charge in [0.1, 0.15) is 5.76 Å². The zero-order chi connectivity index (χ0) is 15.2. The van der Waals surface area contributed by atoms with E-state index in [-0.39, 0.29) is 12.0 Å². The summed E-state index contributed by atoms with van der Waals surface area (Å²) in [6.45, 7) is 5.95. The smallest absolute Gasteiger partial charge is 0.236 e. The van der Waals surface area contributed by atoms with Crippen molar-refractivity contribution in [2.45, 2.75) is 52.1 Å². The lowest BCUT2D eigenvalue weighted by Crippen LogP contribution is -2.51. The summed E-state index contributed by atoms with van der Waals surface area (Å²) >= 11 is 0. The number of amides is 1. The number of nitrogens with zero attached hydrogens (tertiary/aromatic N) is 3. The van der Waals surface area contributed by atoms with Gasteiger partial charge >= 0.3 is 0 Å². The standard InChI is InChI=1S/C15H25N3O3/c1-12(19)7-10-17-8-4-6-15(20)18(17)9-3-5-14-16-11-13(2)21-14/h11-12,19H,3-10H2,1-2H3. The molecular formula is C15H25N3O3. The summed E-state index contributed by atoms with van der Waals surface area (Å²) in [5, 5.41) is 13.3. The second-order valence-corrected chi connectivity index (χ2v) is 5.68. The molecular weight excluding hydrogens is 270 g/mol. The first kappa shape index (κ1) is 16.0. The Hall–Kier alpha value is -1.40. The number of aliphatic hydroxyl groups excluding tert-OH is 1. The fraction of sp³-hybridized carbons (Fsp3) is 0.733. The van der Waals surface area contributed by atoms with E-state index < -0.39 is 0 Å². The van der Waals surface area contributed by atoms with Crippen LogP contribution in [0.15, 0.2) is 10.6 Å². The first-order chi connectivity index (χ1) is 10.1.